The predicted octanol–water partition coefficient (Wildman–Crippen LogP) is 6.23. The lowest BCUT2D eigenvalue weighted by Crippen LogP contribution is -2.00. The lowest BCUT2D eigenvalue weighted by molar-refractivity contribution is 0.675. The lowest BCUT2D eigenvalue weighted by atomic mass is 10.0. The van der Waals surface area contributed by atoms with E-state index in [9.17, 15) is 0 Å². The molecule has 0 unspecified atom stereocenters. The third-order valence-electron chi connectivity index (χ3n) is 3.97. The molecule has 1 aromatic carbocycles. The van der Waals surface area contributed by atoms with E-state index in [4.69, 9.17) is 51.5 Å². The van der Waals surface area contributed by atoms with E-state index in [1.807, 2.05) is 6.07 Å². The molecule has 1 fully saturated rings. The number of alkyl halides is 1. The Morgan fingerprint density at radius 2 is 1.86 bits per heavy atom. The second-order valence-corrected chi connectivity index (χ2v) is 6.75. The van der Waals surface area contributed by atoms with Crippen molar-refractivity contribution in [2.24, 2.45) is 0 Å². The van der Waals surface area contributed by atoms with Crippen molar-refractivity contribution in [1.82, 2.24) is 9.78 Å². The van der Waals surface area contributed by atoms with Crippen molar-refractivity contribution < 1.29 is 0 Å². The monoisotopic (exact) mass is 362 g/mol. The third-order valence-corrected chi connectivity index (χ3v) is 5.16. The molecule has 0 spiro atoms. The summed E-state index contributed by atoms with van der Waals surface area (Å²) in [6, 6.07) is 5.28. The minimum absolute atomic E-state index is 0.357. The van der Waals surface area contributed by atoms with Crippen LogP contribution in [0.5, 0.6) is 0 Å². The van der Waals surface area contributed by atoms with Crippen LogP contribution in [0.25, 0.3) is 5.69 Å². The Labute approximate surface area is 143 Å². The molecule has 0 radical (unpaired) electrons. The van der Waals surface area contributed by atoms with Crippen LogP contribution in [0.3, 0.4) is 0 Å². The highest BCUT2D eigenvalue weighted by atomic mass is 35.5. The number of aromatic nitrogens is 2. The molecule has 21 heavy (non-hydrogen) atoms. The van der Waals surface area contributed by atoms with E-state index in [-0.39, 0.29) is 0 Å². The van der Waals surface area contributed by atoms with E-state index in [0.717, 1.165) is 29.8 Å². The van der Waals surface area contributed by atoms with Crippen molar-refractivity contribution in [3.8, 4) is 5.69 Å². The van der Waals surface area contributed by atoms with Gasteiger partial charge in [0, 0.05) is 16.5 Å². The number of halogens is 4. The largest absolute Gasteiger partial charge is 0.220 e. The van der Waals surface area contributed by atoms with Crippen molar-refractivity contribution in [3.05, 3.63) is 44.7 Å². The van der Waals surface area contributed by atoms with Gasteiger partial charge in [-0.05, 0) is 31.0 Å². The van der Waals surface area contributed by atoms with Crippen LogP contribution in [-0.2, 0) is 5.88 Å². The van der Waals surface area contributed by atoms with Gasteiger partial charge in [-0.1, -0.05) is 47.6 Å². The minimum Gasteiger partial charge on any atom is -0.220 e. The zero-order valence-corrected chi connectivity index (χ0v) is 14.3. The smallest absolute Gasteiger partial charge is 0.137 e. The molecule has 0 saturated heterocycles. The molecular weight excluding hydrogens is 350 g/mol. The molecule has 1 aliphatic carbocycles. The van der Waals surface area contributed by atoms with Gasteiger partial charge < -0.3 is 0 Å². The van der Waals surface area contributed by atoms with Crippen molar-refractivity contribution in [2.75, 3.05) is 0 Å². The summed E-state index contributed by atoms with van der Waals surface area (Å²) in [5.74, 6) is 0.805. The Hall–Kier alpha value is -0.410. The fraction of sp³-hybridized carbons (Fsp3) is 0.400. The van der Waals surface area contributed by atoms with Crippen molar-refractivity contribution >= 4 is 46.4 Å². The van der Waals surface area contributed by atoms with E-state index in [1.54, 1.807) is 16.8 Å². The molecule has 6 heteroatoms. The molecule has 0 bridgehead atoms. The molecule has 1 heterocycles. The van der Waals surface area contributed by atoms with Crippen molar-refractivity contribution in [3.63, 3.8) is 0 Å². The van der Waals surface area contributed by atoms with Crippen LogP contribution < -0.4 is 0 Å². The van der Waals surface area contributed by atoms with Crippen LogP contribution >= 0.6 is 46.4 Å². The normalized spacial score (nSPS) is 15.8. The molecule has 3 rings (SSSR count). The van der Waals surface area contributed by atoms with E-state index in [1.165, 1.54) is 12.8 Å². The van der Waals surface area contributed by atoms with Crippen LogP contribution in [0.15, 0.2) is 18.2 Å². The summed E-state index contributed by atoms with van der Waals surface area (Å²) in [7, 11) is 0. The van der Waals surface area contributed by atoms with Gasteiger partial charge in [0.15, 0.2) is 0 Å². The highest BCUT2D eigenvalue weighted by Crippen LogP contribution is 2.39. The number of rotatable bonds is 3. The number of benzene rings is 1. The van der Waals surface area contributed by atoms with E-state index in [2.05, 4.69) is 0 Å². The molecule has 1 aromatic heterocycles. The first-order valence-corrected chi connectivity index (χ1v) is 8.57. The molecule has 0 N–H and O–H groups in total. The van der Waals surface area contributed by atoms with E-state index < -0.39 is 0 Å². The number of nitrogens with zero attached hydrogens (tertiary/aromatic N) is 2. The summed E-state index contributed by atoms with van der Waals surface area (Å²) >= 11 is 24.8. The van der Waals surface area contributed by atoms with E-state index >= 15 is 0 Å². The summed E-state index contributed by atoms with van der Waals surface area (Å²) < 4.78 is 1.67. The lowest BCUT2D eigenvalue weighted by Gasteiger charge is -2.07. The molecule has 1 saturated carbocycles. The third kappa shape index (κ3) is 2.92. The van der Waals surface area contributed by atoms with Gasteiger partial charge in [0.25, 0.3) is 0 Å². The van der Waals surface area contributed by atoms with E-state index in [0.29, 0.717) is 27.0 Å². The summed E-state index contributed by atoms with van der Waals surface area (Å²) in [6.45, 7) is 0. The highest BCUT2D eigenvalue weighted by molar-refractivity contribution is 6.36. The van der Waals surface area contributed by atoms with Gasteiger partial charge in [0.2, 0.25) is 0 Å². The number of hydrogen-bond acceptors (Lipinski definition) is 1. The summed E-state index contributed by atoms with van der Waals surface area (Å²) in [5.41, 5.74) is 2.65. The number of hydrogen-bond donors (Lipinski definition) is 0. The van der Waals surface area contributed by atoms with Crippen LogP contribution in [0.2, 0.25) is 15.2 Å². The first-order chi connectivity index (χ1) is 10.1. The second-order valence-electron chi connectivity index (χ2n) is 5.28. The minimum atomic E-state index is 0.357. The van der Waals surface area contributed by atoms with Crippen LogP contribution in [-0.4, -0.2) is 9.78 Å². The zero-order chi connectivity index (χ0) is 15.0. The van der Waals surface area contributed by atoms with Crippen LogP contribution in [0.1, 0.15) is 42.9 Å². The molecular formula is C15H14Cl4N2. The van der Waals surface area contributed by atoms with Gasteiger partial charge >= 0.3 is 0 Å². The van der Waals surface area contributed by atoms with Crippen molar-refractivity contribution in [2.45, 2.75) is 37.5 Å². The fourth-order valence-corrected chi connectivity index (χ4v) is 4.02. The van der Waals surface area contributed by atoms with Gasteiger partial charge in [-0.3, -0.25) is 0 Å². The average molecular weight is 364 g/mol. The maximum Gasteiger partial charge on any atom is 0.137 e. The van der Waals surface area contributed by atoms with Gasteiger partial charge in [-0.15, -0.1) is 11.6 Å². The fourth-order valence-electron chi connectivity index (χ4n) is 2.91. The molecule has 0 atom stereocenters. The SMILES string of the molecule is ClCc1c(C2CCCC2)nn(-c2ccc(Cl)cc2Cl)c1Cl. The molecule has 1 aliphatic rings. The summed E-state index contributed by atoms with van der Waals surface area (Å²) in [5, 5.41) is 6.34. The quantitative estimate of drug-likeness (QED) is 0.591. The Morgan fingerprint density at radius 1 is 1.14 bits per heavy atom. The van der Waals surface area contributed by atoms with Gasteiger partial charge in [-0.2, -0.15) is 5.10 Å². The Morgan fingerprint density at radius 3 is 2.48 bits per heavy atom. The van der Waals surface area contributed by atoms with Crippen LogP contribution in [0.4, 0.5) is 0 Å². The molecule has 2 nitrogen and oxygen atoms in total. The predicted molar refractivity (Wildman–Crippen MR) is 89.4 cm³/mol. The summed E-state index contributed by atoms with van der Waals surface area (Å²) in [4.78, 5) is 0. The highest BCUT2D eigenvalue weighted by Gasteiger charge is 2.26. The maximum absolute atomic E-state index is 6.48. The summed E-state index contributed by atoms with van der Waals surface area (Å²) in [6.07, 6.45) is 4.76. The second kappa shape index (κ2) is 6.37. The molecule has 2 aromatic rings. The maximum atomic E-state index is 6.48. The average Bonchev–Trinajstić information content (AvgIpc) is 3.07. The van der Waals surface area contributed by atoms with Gasteiger partial charge in [0.1, 0.15) is 5.15 Å². The Kier molecular flexibility index (Phi) is 4.70. The van der Waals surface area contributed by atoms with Gasteiger partial charge in [0.05, 0.1) is 22.3 Å². The molecule has 112 valence electrons. The standard InChI is InChI=1S/C15H14Cl4N2/c16-8-11-14(9-3-1-2-4-9)20-21(15(11)19)13-6-5-10(17)7-12(13)18/h5-7,9H,1-4,8H2. The molecule has 0 amide bonds. The Balaban J connectivity index is 2.10. The topological polar surface area (TPSA) is 17.8 Å². The van der Waals surface area contributed by atoms with Gasteiger partial charge in [-0.25, -0.2) is 4.68 Å². The zero-order valence-electron chi connectivity index (χ0n) is 11.3. The Bertz CT molecular complexity index is 660. The van der Waals surface area contributed by atoms with Crippen molar-refractivity contribution in [1.29, 1.82) is 0 Å². The molecule has 0 aliphatic heterocycles. The first-order valence-electron chi connectivity index (χ1n) is 6.90. The first kappa shape index (κ1) is 15.5. The van der Waals surface area contributed by atoms with Crippen LogP contribution in [0, 0.1) is 0 Å².